The second-order valence-electron chi connectivity index (χ2n) is 4.40. The first kappa shape index (κ1) is 13.8. The van der Waals surface area contributed by atoms with Crippen molar-refractivity contribution in [1.82, 2.24) is 9.71 Å². The largest absolute Gasteiger partial charge is 0.355 e. The van der Waals surface area contributed by atoms with E-state index in [0.717, 1.165) is 22.4 Å². The van der Waals surface area contributed by atoms with E-state index >= 15 is 0 Å². The van der Waals surface area contributed by atoms with Crippen LogP contribution >= 0.6 is 15.9 Å². The molecule has 0 spiro atoms. The molecule has 18 heavy (non-hydrogen) atoms. The van der Waals surface area contributed by atoms with Crippen molar-refractivity contribution in [2.45, 2.75) is 18.6 Å². The van der Waals surface area contributed by atoms with Gasteiger partial charge in [-0.3, -0.25) is 0 Å². The van der Waals surface area contributed by atoms with Crippen LogP contribution in [0.15, 0.2) is 16.7 Å². The van der Waals surface area contributed by atoms with Gasteiger partial charge >= 0.3 is 0 Å². The number of hydrogen-bond donors (Lipinski definition) is 1. The number of pyridine rings is 1. The highest BCUT2D eigenvalue weighted by Crippen LogP contribution is 2.25. The summed E-state index contributed by atoms with van der Waals surface area (Å²) in [6, 6.07) is 1.97. The highest BCUT2D eigenvalue weighted by atomic mass is 79.9. The fourth-order valence-electron chi connectivity index (χ4n) is 2.05. The van der Waals surface area contributed by atoms with Crippen molar-refractivity contribution >= 4 is 31.8 Å². The minimum Gasteiger partial charge on any atom is -0.355 e. The Hall–Kier alpha value is -0.660. The highest BCUT2D eigenvalue weighted by Gasteiger charge is 2.32. The highest BCUT2D eigenvalue weighted by molar-refractivity contribution is 9.10. The fourth-order valence-corrected chi connectivity index (χ4v) is 3.40. The van der Waals surface area contributed by atoms with E-state index in [0.29, 0.717) is 13.0 Å². The first-order valence-electron chi connectivity index (χ1n) is 5.73. The Morgan fingerprint density at radius 1 is 1.56 bits per heavy atom. The number of nitrogens with zero attached hydrogens (tertiary/aromatic N) is 2. The van der Waals surface area contributed by atoms with E-state index in [-0.39, 0.29) is 5.25 Å². The molecule has 0 aromatic carbocycles. The lowest BCUT2D eigenvalue weighted by Crippen LogP contribution is -2.34. The molecule has 0 aliphatic carbocycles. The van der Waals surface area contributed by atoms with Gasteiger partial charge in [0.25, 0.3) is 0 Å². The third-order valence-corrected chi connectivity index (χ3v) is 5.89. The molecule has 1 aromatic rings. The van der Waals surface area contributed by atoms with Crippen LogP contribution in [0.2, 0.25) is 0 Å². The molecule has 1 aliphatic rings. The Morgan fingerprint density at radius 2 is 2.28 bits per heavy atom. The molecule has 5 nitrogen and oxygen atoms in total. The van der Waals surface area contributed by atoms with Crippen molar-refractivity contribution in [2.75, 3.05) is 25.0 Å². The maximum Gasteiger partial charge on any atom is 0.216 e. The van der Waals surface area contributed by atoms with Gasteiger partial charge in [0.2, 0.25) is 10.0 Å². The van der Waals surface area contributed by atoms with E-state index in [1.807, 2.05) is 17.9 Å². The number of nitrogens with one attached hydrogen (secondary N) is 1. The molecular weight excluding hydrogens is 318 g/mol. The predicted molar refractivity (Wildman–Crippen MR) is 75.3 cm³/mol. The molecule has 7 heteroatoms. The topological polar surface area (TPSA) is 62.3 Å². The second kappa shape index (κ2) is 5.14. The third kappa shape index (κ3) is 2.67. The van der Waals surface area contributed by atoms with Crippen molar-refractivity contribution < 1.29 is 8.42 Å². The molecule has 2 heterocycles. The zero-order valence-corrected chi connectivity index (χ0v) is 12.8. The average Bonchev–Trinajstić information content (AvgIpc) is 2.83. The number of halogens is 1. The van der Waals surface area contributed by atoms with E-state index < -0.39 is 10.0 Å². The minimum absolute atomic E-state index is 0.353. The molecule has 2 rings (SSSR count). The third-order valence-electron chi connectivity index (χ3n) is 3.22. The molecule has 1 fully saturated rings. The van der Waals surface area contributed by atoms with Crippen LogP contribution in [0.5, 0.6) is 0 Å². The molecule has 1 aromatic heterocycles. The molecule has 0 unspecified atom stereocenters. The summed E-state index contributed by atoms with van der Waals surface area (Å²) >= 11 is 3.41. The van der Waals surface area contributed by atoms with E-state index in [1.165, 1.54) is 7.05 Å². The monoisotopic (exact) mass is 333 g/mol. The smallest absolute Gasteiger partial charge is 0.216 e. The van der Waals surface area contributed by atoms with Crippen molar-refractivity contribution in [3.8, 4) is 0 Å². The Morgan fingerprint density at radius 3 is 2.89 bits per heavy atom. The number of aromatic nitrogens is 1. The molecule has 100 valence electrons. The predicted octanol–water partition coefficient (Wildman–Crippen LogP) is 1.28. The van der Waals surface area contributed by atoms with Crippen LogP contribution in [-0.2, 0) is 10.0 Å². The zero-order valence-electron chi connectivity index (χ0n) is 10.4. The molecule has 0 bridgehead atoms. The summed E-state index contributed by atoms with van der Waals surface area (Å²) in [4.78, 5) is 6.34. The van der Waals surface area contributed by atoms with Crippen LogP contribution in [0.1, 0.15) is 12.0 Å². The fraction of sp³-hybridized carbons (Fsp3) is 0.545. The number of anilines is 1. The first-order chi connectivity index (χ1) is 8.44. The van der Waals surface area contributed by atoms with Gasteiger partial charge in [0.15, 0.2) is 0 Å². The van der Waals surface area contributed by atoms with Crippen molar-refractivity contribution in [3.63, 3.8) is 0 Å². The van der Waals surface area contributed by atoms with Gasteiger partial charge in [-0.05, 0) is 48.0 Å². The Bertz CT molecular complexity index is 547. The maximum absolute atomic E-state index is 11.7. The zero-order chi connectivity index (χ0) is 13.3. The van der Waals surface area contributed by atoms with Crippen LogP contribution in [-0.4, -0.2) is 38.8 Å². The van der Waals surface area contributed by atoms with E-state index in [4.69, 9.17) is 0 Å². The summed E-state index contributed by atoms with van der Waals surface area (Å²) in [5.74, 6) is 0.838. The van der Waals surface area contributed by atoms with Gasteiger partial charge in [0.1, 0.15) is 5.82 Å². The maximum atomic E-state index is 11.7. The van der Waals surface area contributed by atoms with Crippen LogP contribution < -0.4 is 9.62 Å². The number of rotatable bonds is 3. The summed E-state index contributed by atoms with van der Waals surface area (Å²) in [5, 5.41) is -0.353. The van der Waals surface area contributed by atoms with Crippen molar-refractivity contribution in [1.29, 1.82) is 0 Å². The van der Waals surface area contributed by atoms with Crippen LogP contribution in [0, 0.1) is 6.92 Å². The molecule has 1 saturated heterocycles. The number of sulfonamides is 1. The van der Waals surface area contributed by atoms with Gasteiger partial charge in [-0.1, -0.05) is 0 Å². The lowest BCUT2D eigenvalue weighted by molar-refractivity contribution is 0.575. The first-order valence-corrected chi connectivity index (χ1v) is 8.07. The van der Waals surface area contributed by atoms with Gasteiger partial charge in [0, 0.05) is 23.8 Å². The molecule has 0 radical (unpaired) electrons. The average molecular weight is 334 g/mol. The summed E-state index contributed by atoms with van der Waals surface area (Å²) in [7, 11) is -1.73. The standard InChI is InChI=1S/C11H16BrN3O2S/c1-8-5-11(14-6-10(8)12)15-4-3-9(7-15)18(16,17)13-2/h5-6,9,13H,3-4,7H2,1-2H3/t9-/m0/s1. The molecule has 0 saturated carbocycles. The summed E-state index contributed by atoms with van der Waals surface area (Å²) < 4.78 is 26.8. The summed E-state index contributed by atoms with van der Waals surface area (Å²) in [6.45, 7) is 3.21. The Kier molecular flexibility index (Phi) is 3.93. The Balaban J connectivity index is 2.16. The van der Waals surface area contributed by atoms with Crippen LogP contribution in [0.4, 0.5) is 5.82 Å². The van der Waals surface area contributed by atoms with Gasteiger partial charge < -0.3 is 4.90 Å². The second-order valence-corrected chi connectivity index (χ2v) is 7.42. The summed E-state index contributed by atoms with van der Waals surface area (Å²) in [5.41, 5.74) is 1.10. The molecule has 1 N–H and O–H groups in total. The summed E-state index contributed by atoms with van der Waals surface area (Å²) in [6.07, 6.45) is 2.39. The van der Waals surface area contributed by atoms with Gasteiger partial charge in [-0.15, -0.1) is 0 Å². The van der Waals surface area contributed by atoms with Gasteiger partial charge in [-0.2, -0.15) is 0 Å². The number of aryl methyl sites for hydroxylation is 1. The van der Waals surface area contributed by atoms with Gasteiger partial charge in [0.05, 0.1) is 5.25 Å². The van der Waals surface area contributed by atoms with Gasteiger partial charge in [-0.25, -0.2) is 18.1 Å². The van der Waals surface area contributed by atoms with Crippen molar-refractivity contribution in [3.05, 3.63) is 22.3 Å². The van der Waals surface area contributed by atoms with E-state index in [1.54, 1.807) is 6.20 Å². The minimum atomic E-state index is -3.19. The molecule has 0 amide bonds. The lowest BCUT2D eigenvalue weighted by Gasteiger charge is -2.18. The molecule has 1 aliphatic heterocycles. The SMILES string of the molecule is CNS(=O)(=O)[C@H]1CCN(c2cc(C)c(Br)cn2)C1. The molecule has 1 atom stereocenters. The van der Waals surface area contributed by atoms with E-state index in [9.17, 15) is 8.42 Å². The number of hydrogen-bond acceptors (Lipinski definition) is 4. The normalized spacial score (nSPS) is 20.4. The van der Waals surface area contributed by atoms with Crippen LogP contribution in [0.25, 0.3) is 0 Å². The molecular formula is C11H16BrN3O2S. The lowest BCUT2D eigenvalue weighted by atomic mass is 10.3. The van der Waals surface area contributed by atoms with Crippen LogP contribution in [0.3, 0.4) is 0 Å². The Labute approximate surface area is 116 Å². The van der Waals surface area contributed by atoms with E-state index in [2.05, 4.69) is 25.6 Å². The van der Waals surface area contributed by atoms with Crippen molar-refractivity contribution in [2.24, 2.45) is 0 Å². The quantitative estimate of drug-likeness (QED) is 0.905.